The molecule has 1 aliphatic carbocycles. The number of Topliss-reactive ketones (excluding diaryl/α,β-unsaturated/α-hetero) is 1. The third-order valence-electron chi connectivity index (χ3n) is 2.67. The van der Waals surface area contributed by atoms with Gasteiger partial charge in [-0.1, -0.05) is 6.08 Å². The minimum Gasteiger partial charge on any atom is -0.466 e. The Hall–Kier alpha value is -1.68. The van der Waals surface area contributed by atoms with Crippen LogP contribution in [0.25, 0.3) is 0 Å². The number of esters is 1. The molecule has 4 nitrogen and oxygen atoms in total. The topological polar surface area (TPSA) is 52.6 Å². The molecule has 4 heteroatoms. The molecule has 0 saturated carbocycles. The summed E-state index contributed by atoms with van der Waals surface area (Å²) in [6.07, 6.45) is 6.47. The lowest BCUT2D eigenvalue weighted by molar-refractivity contribution is -0.134. The molecule has 0 spiro atoms. The zero-order valence-electron chi connectivity index (χ0n) is 11.1. The highest BCUT2D eigenvalue weighted by molar-refractivity contribution is 6.08. The second-order valence-electron chi connectivity index (χ2n) is 4.40. The molecule has 0 aromatic carbocycles. The summed E-state index contributed by atoms with van der Waals surface area (Å²) in [7, 11) is 1.32. The highest BCUT2D eigenvalue weighted by Crippen LogP contribution is 2.25. The maximum absolute atomic E-state index is 11.6. The van der Waals surface area contributed by atoms with E-state index in [4.69, 9.17) is 4.74 Å². The molecule has 1 rings (SSSR count). The molecule has 1 aliphatic rings. The molecule has 0 atom stereocenters. The largest absolute Gasteiger partial charge is 0.466 e. The molecule has 0 aromatic heterocycles. The van der Waals surface area contributed by atoms with Crippen LogP contribution in [0.3, 0.4) is 0 Å². The fraction of sp³-hybridized carbons (Fsp3) is 0.429. The van der Waals surface area contributed by atoms with Crippen molar-refractivity contribution in [3.05, 3.63) is 35.5 Å². The molecule has 0 heterocycles. The average Bonchev–Trinajstić information content (AvgIpc) is 2.31. The number of hydrogen-bond donors (Lipinski definition) is 0. The molecular formula is C14H18O4. The third-order valence-corrected chi connectivity index (χ3v) is 2.67. The summed E-state index contributed by atoms with van der Waals surface area (Å²) in [5.74, 6) is -0.373. The number of allylic oxidation sites excluding steroid dienone is 2. The van der Waals surface area contributed by atoms with Crippen LogP contribution in [0.5, 0.6) is 0 Å². The Morgan fingerprint density at radius 2 is 1.89 bits per heavy atom. The molecule has 98 valence electrons. The van der Waals surface area contributed by atoms with Gasteiger partial charge in [0.05, 0.1) is 13.7 Å². The lowest BCUT2D eigenvalue weighted by Crippen LogP contribution is -2.29. The van der Waals surface area contributed by atoms with Crippen LogP contribution in [0.15, 0.2) is 35.5 Å². The predicted molar refractivity (Wildman–Crippen MR) is 68.0 cm³/mol. The zero-order chi connectivity index (χ0) is 13.8. The Labute approximate surface area is 107 Å². The molecule has 0 bridgehead atoms. The van der Waals surface area contributed by atoms with Gasteiger partial charge in [0, 0.05) is 6.08 Å². The standard InChI is InChI=1S/C14H18O4/c1-10-8-14(3,9-11(2)13(10)16)18-7-5-6-12(15)17-4/h5-6,8-9H,7H2,1-4H3/b6-5+. The van der Waals surface area contributed by atoms with Gasteiger partial charge < -0.3 is 9.47 Å². The normalized spacial score (nSPS) is 18.6. The van der Waals surface area contributed by atoms with E-state index in [2.05, 4.69) is 4.74 Å². The molecule has 0 aromatic rings. The molecular weight excluding hydrogens is 232 g/mol. The van der Waals surface area contributed by atoms with Gasteiger partial charge in [-0.3, -0.25) is 4.79 Å². The predicted octanol–water partition coefficient (Wildman–Crippen LogP) is 1.97. The Balaban J connectivity index is 2.64. The summed E-state index contributed by atoms with van der Waals surface area (Å²) >= 11 is 0. The van der Waals surface area contributed by atoms with E-state index in [1.54, 1.807) is 32.1 Å². The van der Waals surface area contributed by atoms with Crippen LogP contribution in [-0.2, 0) is 19.1 Å². The van der Waals surface area contributed by atoms with E-state index in [9.17, 15) is 9.59 Å². The summed E-state index contributed by atoms with van der Waals surface area (Å²) in [6, 6.07) is 0. The minimum absolute atomic E-state index is 0.0428. The van der Waals surface area contributed by atoms with Crippen molar-refractivity contribution in [1.29, 1.82) is 0 Å². The van der Waals surface area contributed by atoms with E-state index in [1.807, 2.05) is 6.92 Å². The summed E-state index contributed by atoms with van der Waals surface area (Å²) in [4.78, 5) is 22.5. The van der Waals surface area contributed by atoms with Crippen molar-refractivity contribution in [2.75, 3.05) is 13.7 Å². The Kier molecular flexibility index (Phi) is 4.62. The van der Waals surface area contributed by atoms with Crippen LogP contribution in [0.1, 0.15) is 20.8 Å². The first-order chi connectivity index (χ1) is 8.38. The number of hydrogen-bond acceptors (Lipinski definition) is 4. The van der Waals surface area contributed by atoms with E-state index < -0.39 is 11.6 Å². The van der Waals surface area contributed by atoms with Gasteiger partial charge in [-0.25, -0.2) is 4.79 Å². The lowest BCUT2D eigenvalue weighted by Gasteiger charge is -2.27. The van der Waals surface area contributed by atoms with Crippen LogP contribution in [0, 0.1) is 0 Å². The van der Waals surface area contributed by atoms with E-state index in [0.717, 1.165) is 0 Å². The van der Waals surface area contributed by atoms with Crippen LogP contribution >= 0.6 is 0 Å². The van der Waals surface area contributed by atoms with Crippen LogP contribution in [0.4, 0.5) is 0 Å². The number of carbonyl (C=O) groups excluding carboxylic acids is 2. The van der Waals surface area contributed by atoms with Crippen molar-refractivity contribution in [3.8, 4) is 0 Å². The maximum Gasteiger partial charge on any atom is 0.330 e. The number of ketones is 1. The Bertz CT molecular complexity index is 419. The van der Waals surface area contributed by atoms with Gasteiger partial charge in [-0.05, 0) is 44.1 Å². The van der Waals surface area contributed by atoms with Gasteiger partial charge in [0.15, 0.2) is 5.78 Å². The summed E-state index contributed by atoms with van der Waals surface area (Å²) < 4.78 is 10.1. The van der Waals surface area contributed by atoms with Gasteiger partial charge in [-0.2, -0.15) is 0 Å². The highest BCUT2D eigenvalue weighted by Gasteiger charge is 2.26. The highest BCUT2D eigenvalue weighted by atomic mass is 16.5. The second-order valence-corrected chi connectivity index (χ2v) is 4.40. The molecule has 0 radical (unpaired) electrons. The fourth-order valence-electron chi connectivity index (χ4n) is 1.87. The van der Waals surface area contributed by atoms with Crippen molar-refractivity contribution < 1.29 is 19.1 Å². The van der Waals surface area contributed by atoms with Crippen molar-refractivity contribution in [3.63, 3.8) is 0 Å². The molecule has 0 N–H and O–H groups in total. The SMILES string of the molecule is COC(=O)/C=C/COC1(C)C=C(C)C(=O)C(C)=C1. The molecule has 0 amide bonds. The summed E-state index contributed by atoms with van der Waals surface area (Å²) in [6.45, 7) is 5.68. The van der Waals surface area contributed by atoms with Gasteiger partial charge >= 0.3 is 5.97 Å². The molecule has 0 saturated heterocycles. The van der Waals surface area contributed by atoms with Crippen molar-refractivity contribution in [2.45, 2.75) is 26.4 Å². The Morgan fingerprint density at radius 3 is 2.39 bits per heavy atom. The van der Waals surface area contributed by atoms with Gasteiger partial charge in [0.25, 0.3) is 0 Å². The smallest absolute Gasteiger partial charge is 0.330 e. The van der Waals surface area contributed by atoms with Crippen molar-refractivity contribution in [2.24, 2.45) is 0 Å². The van der Waals surface area contributed by atoms with Gasteiger partial charge in [0.1, 0.15) is 5.60 Å². The van der Waals surface area contributed by atoms with E-state index in [0.29, 0.717) is 11.1 Å². The Morgan fingerprint density at radius 1 is 1.33 bits per heavy atom. The average molecular weight is 250 g/mol. The number of rotatable bonds is 4. The first kappa shape index (κ1) is 14.4. The van der Waals surface area contributed by atoms with Gasteiger partial charge in [0.2, 0.25) is 0 Å². The fourth-order valence-corrected chi connectivity index (χ4v) is 1.87. The first-order valence-corrected chi connectivity index (χ1v) is 5.70. The maximum atomic E-state index is 11.6. The summed E-state index contributed by atoms with van der Waals surface area (Å²) in [5.41, 5.74) is 0.742. The van der Waals surface area contributed by atoms with E-state index in [-0.39, 0.29) is 12.4 Å². The lowest BCUT2D eigenvalue weighted by atomic mass is 9.89. The van der Waals surface area contributed by atoms with E-state index in [1.165, 1.54) is 13.2 Å². The monoisotopic (exact) mass is 250 g/mol. The van der Waals surface area contributed by atoms with Gasteiger partial charge in [-0.15, -0.1) is 0 Å². The van der Waals surface area contributed by atoms with Crippen LogP contribution in [0.2, 0.25) is 0 Å². The zero-order valence-corrected chi connectivity index (χ0v) is 11.1. The molecule has 0 unspecified atom stereocenters. The number of methoxy groups -OCH3 is 1. The van der Waals surface area contributed by atoms with Crippen LogP contribution < -0.4 is 0 Å². The molecule has 0 aliphatic heterocycles. The summed E-state index contributed by atoms with van der Waals surface area (Å²) in [5, 5.41) is 0. The van der Waals surface area contributed by atoms with Crippen molar-refractivity contribution in [1.82, 2.24) is 0 Å². The quantitative estimate of drug-likeness (QED) is 0.565. The number of carbonyl (C=O) groups is 2. The van der Waals surface area contributed by atoms with E-state index >= 15 is 0 Å². The first-order valence-electron chi connectivity index (χ1n) is 5.70. The van der Waals surface area contributed by atoms with Crippen LogP contribution in [-0.4, -0.2) is 31.1 Å². The third kappa shape index (κ3) is 3.67. The molecule has 0 fully saturated rings. The minimum atomic E-state index is -0.609. The molecule has 18 heavy (non-hydrogen) atoms. The number of ether oxygens (including phenoxy) is 2. The second kappa shape index (κ2) is 5.78. The van der Waals surface area contributed by atoms with Crippen molar-refractivity contribution >= 4 is 11.8 Å².